The van der Waals surface area contributed by atoms with Crippen LogP contribution in [0.25, 0.3) is 0 Å². The fourth-order valence-electron chi connectivity index (χ4n) is 3.48. The van der Waals surface area contributed by atoms with Gasteiger partial charge in [-0.2, -0.15) is 4.31 Å². The number of hydrogen-bond acceptors (Lipinski definition) is 6. The number of methoxy groups -OCH3 is 4. The van der Waals surface area contributed by atoms with Crippen LogP contribution in [0.4, 0.5) is 0 Å². The first kappa shape index (κ1) is 27.4. The van der Waals surface area contributed by atoms with Crippen LogP contribution in [-0.4, -0.2) is 41.2 Å². The first-order valence-corrected chi connectivity index (χ1v) is 13.2. The zero-order chi connectivity index (χ0) is 25.8. The number of benzene rings is 3. The lowest BCUT2D eigenvalue weighted by atomic mass is 10.1. The molecule has 0 amide bonds. The summed E-state index contributed by atoms with van der Waals surface area (Å²) in [6, 6.07) is 13.3. The van der Waals surface area contributed by atoms with Gasteiger partial charge in [-0.15, -0.1) is 0 Å². The summed E-state index contributed by atoms with van der Waals surface area (Å²) in [7, 11) is 1.91. The van der Waals surface area contributed by atoms with E-state index in [9.17, 15) is 8.42 Å². The third-order valence-electron chi connectivity index (χ3n) is 5.24. The van der Waals surface area contributed by atoms with Crippen molar-refractivity contribution >= 4 is 49.2 Å². The van der Waals surface area contributed by atoms with Crippen molar-refractivity contribution in [2.45, 2.75) is 18.0 Å². The molecule has 0 unspecified atom stereocenters. The molecule has 0 spiro atoms. The Bertz CT molecular complexity index is 1240. The van der Waals surface area contributed by atoms with Crippen molar-refractivity contribution in [2.24, 2.45) is 0 Å². The molecule has 3 rings (SSSR count). The minimum absolute atomic E-state index is 0.00207. The quantitative estimate of drug-likeness (QED) is 0.275. The average Bonchev–Trinajstić information content (AvgIpc) is 2.82. The summed E-state index contributed by atoms with van der Waals surface area (Å²) in [5, 5.41) is -0.00414. The molecular weight excluding hydrogens is 581 g/mol. The van der Waals surface area contributed by atoms with E-state index in [1.54, 1.807) is 50.6 Å². The lowest BCUT2D eigenvalue weighted by Crippen LogP contribution is -2.31. The van der Waals surface area contributed by atoms with Crippen LogP contribution in [0.1, 0.15) is 11.1 Å². The summed E-state index contributed by atoms with van der Waals surface area (Å²) in [6.07, 6.45) is 0. The number of nitrogens with zero attached hydrogens (tertiary/aromatic N) is 1. The Hall–Kier alpha value is -2.17. The van der Waals surface area contributed by atoms with Gasteiger partial charge in [0.05, 0.1) is 38.5 Å². The maximum Gasteiger partial charge on any atom is 0.246 e. The Labute approximate surface area is 223 Å². The van der Waals surface area contributed by atoms with Gasteiger partial charge in [-0.1, -0.05) is 51.3 Å². The van der Waals surface area contributed by atoms with Crippen molar-refractivity contribution in [1.29, 1.82) is 0 Å². The molecule has 0 radical (unpaired) electrons. The maximum absolute atomic E-state index is 14.0. The topological polar surface area (TPSA) is 74.3 Å². The van der Waals surface area contributed by atoms with Crippen molar-refractivity contribution in [3.63, 3.8) is 0 Å². The summed E-state index contributed by atoms with van der Waals surface area (Å²) in [4.78, 5) is -0.191. The molecule has 11 heteroatoms. The Morgan fingerprint density at radius 2 is 1.17 bits per heavy atom. The minimum Gasteiger partial charge on any atom is -0.497 e. The van der Waals surface area contributed by atoms with Crippen LogP contribution in [-0.2, 0) is 23.1 Å². The molecule has 0 N–H and O–H groups in total. The number of sulfonamides is 1. The second-order valence-corrected chi connectivity index (χ2v) is 10.9. The first-order chi connectivity index (χ1) is 16.6. The van der Waals surface area contributed by atoms with Gasteiger partial charge < -0.3 is 18.9 Å². The fraction of sp³-hybridized carbons (Fsp3) is 0.250. The van der Waals surface area contributed by atoms with Gasteiger partial charge >= 0.3 is 0 Å². The molecule has 0 fully saturated rings. The molecule has 0 aliphatic heterocycles. The highest BCUT2D eigenvalue weighted by molar-refractivity contribution is 9.10. The molecule has 3 aromatic carbocycles. The van der Waals surface area contributed by atoms with Crippen molar-refractivity contribution in [2.75, 3.05) is 28.4 Å². The summed E-state index contributed by atoms with van der Waals surface area (Å²) < 4.78 is 51.2. The molecule has 0 saturated heterocycles. The van der Waals surface area contributed by atoms with Crippen LogP contribution in [0.2, 0.25) is 10.0 Å². The Balaban J connectivity index is 2.15. The Kier molecular flexibility index (Phi) is 9.17. The van der Waals surface area contributed by atoms with E-state index in [2.05, 4.69) is 15.9 Å². The zero-order valence-electron chi connectivity index (χ0n) is 19.5. The SMILES string of the molecule is COc1ccc(CN(Cc2ccc(OC)cc2OC)S(=O)(=O)c2c(Cl)cc(Br)cc2Cl)c(OC)c1. The van der Waals surface area contributed by atoms with Crippen LogP contribution in [0, 0.1) is 0 Å². The number of hydrogen-bond donors (Lipinski definition) is 0. The van der Waals surface area contributed by atoms with Gasteiger partial charge in [-0.05, 0) is 24.3 Å². The molecular formula is C24H24BrCl2NO6S. The summed E-state index contributed by atoms with van der Waals surface area (Å²) >= 11 is 16.0. The predicted octanol–water partition coefficient (Wildman–Crippen LogP) is 6.18. The molecule has 0 saturated carbocycles. The third-order valence-corrected chi connectivity index (χ3v) is 8.41. The zero-order valence-corrected chi connectivity index (χ0v) is 23.4. The molecule has 7 nitrogen and oxygen atoms in total. The van der Waals surface area contributed by atoms with Crippen LogP contribution < -0.4 is 18.9 Å². The molecule has 0 bridgehead atoms. The second kappa shape index (κ2) is 11.7. The Morgan fingerprint density at radius 1 is 0.743 bits per heavy atom. The molecule has 188 valence electrons. The van der Waals surface area contributed by atoms with E-state index in [0.717, 1.165) is 0 Å². The lowest BCUT2D eigenvalue weighted by Gasteiger charge is -2.25. The molecule has 0 atom stereocenters. The molecule has 35 heavy (non-hydrogen) atoms. The normalized spacial score (nSPS) is 11.4. The molecule has 0 aromatic heterocycles. The molecule has 3 aromatic rings. The van der Waals surface area contributed by atoms with E-state index in [1.807, 2.05) is 0 Å². The Morgan fingerprint density at radius 3 is 1.54 bits per heavy atom. The average molecular weight is 605 g/mol. The number of halogens is 3. The van der Waals surface area contributed by atoms with E-state index >= 15 is 0 Å². The highest BCUT2D eigenvalue weighted by Gasteiger charge is 2.31. The van der Waals surface area contributed by atoms with Gasteiger partial charge in [0.25, 0.3) is 0 Å². The van der Waals surface area contributed by atoms with Crippen molar-refractivity contribution in [1.82, 2.24) is 4.31 Å². The van der Waals surface area contributed by atoms with Crippen molar-refractivity contribution < 1.29 is 27.4 Å². The highest BCUT2D eigenvalue weighted by Crippen LogP contribution is 2.37. The third kappa shape index (κ3) is 6.16. The van der Waals surface area contributed by atoms with Crippen LogP contribution in [0.15, 0.2) is 57.9 Å². The van der Waals surface area contributed by atoms with Gasteiger partial charge in [-0.25, -0.2) is 8.42 Å². The standard InChI is InChI=1S/C24H24BrCl2NO6S/c1-31-18-7-5-15(22(11-18)33-3)13-28(14-16-6-8-19(32-2)12-23(16)34-4)35(29,30)24-20(26)9-17(25)10-21(24)27/h5-12H,13-14H2,1-4H3. The summed E-state index contributed by atoms with van der Waals surface area (Å²) in [5.41, 5.74) is 1.24. The second-order valence-electron chi connectivity index (χ2n) is 7.33. The van der Waals surface area contributed by atoms with E-state index in [-0.39, 0.29) is 28.0 Å². The largest absolute Gasteiger partial charge is 0.497 e. The van der Waals surface area contributed by atoms with Gasteiger partial charge in [-0.3, -0.25) is 0 Å². The highest BCUT2D eigenvalue weighted by atomic mass is 79.9. The van der Waals surface area contributed by atoms with E-state index in [0.29, 0.717) is 38.6 Å². The smallest absolute Gasteiger partial charge is 0.246 e. The van der Waals surface area contributed by atoms with E-state index in [4.69, 9.17) is 42.1 Å². The van der Waals surface area contributed by atoms with Crippen LogP contribution in [0.5, 0.6) is 23.0 Å². The lowest BCUT2D eigenvalue weighted by molar-refractivity contribution is 0.358. The monoisotopic (exact) mass is 603 g/mol. The van der Waals surface area contributed by atoms with Crippen LogP contribution in [0.3, 0.4) is 0 Å². The van der Waals surface area contributed by atoms with Crippen molar-refractivity contribution in [3.8, 4) is 23.0 Å². The van der Waals surface area contributed by atoms with Gasteiger partial charge in [0.15, 0.2) is 0 Å². The first-order valence-electron chi connectivity index (χ1n) is 10.2. The summed E-state index contributed by atoms with van der Waals surface area (Å²) in [6.45, 7) is -0.0686. The number of rotatable bonds is 10. The maximum atomic E-state index is 14.0. The molecule has 0 aliphatic carbocycles. The van der Waals surface area contributed by atoms with E-state index in [1.165, 1.54) is 30.7 Å². The molecule has 0 heterocycles. The predicted molar refractivity (Wildman–Crippen MR) is 140 cm³/mol. The van der Waals surface area contributed by atoms with E-state index < -0.39 is 10.0 Å². The fourth-order valence-corrected chi connectivity index (χ4v) is 6.76. The van der Waals surface area contributed by atoms with Crippen molar-refractivity contribution in [3.05, 3.63) is 74.2 Å². The van der Waals surface area contributed by atoms with Gasteiger partial charge in [0.1, 0.15) is 27.9 Å². The molecule has 0 aliphatic rings. The summed E-state index contributed by atoms with van der Waals surface area (Å²) in [5.74, 6) is 2.10. The number of ether oxygens (including phenoxy) is 4. The van der Waals surface area contributed by atoms with Gasteiger partial charge in [0, 0.05) is 40.8 Å². The minimum atomic E-state index is -4.18. The van der Waals surface area contributed by atoms with Crippen LogP contribution >= 0.6 is 39.1 Å². The van der Waals surface area contributed by atoms with Gasteiger partial charge in [0.2, 0.25) is 10.0 Å².